The Labute approximate surface area is 270 Å². The number of hydrogen-bond acceptors (Lipinski definition) is 12. The molecule has 3 heterocycles. The highest BCUT2D eigenvalue weighted by Crippen LogP contribution is 2.26. The standard InChI is InChI=1S/C31H53N7O8/c1-2-3-4-5-6-7-8-9-10-11-12-13-14-15-16-45-31(44)32-17-22(41)37-23-25(42)26(43)30(46-27(23)21(40)18-39)38-29-24-28(34-19-33-24)35-20-36-29/h19-21,23,25-27,30,39-40,42-43H,2-18H2,1H3,(H,32,44)(H,37,41)(H2,33,34,35,36,38)/t21-,23+,25+,26+,27-,30-/m0/s1. The van der Waals surface area contributed by atoms with E-state index in [0.717, 1.165) is 19.3 Å². The van der Waals surface area contributed by atoms with E-state index in [0.29, 0.717) is 11.2 Å². The Morgan fingerprint density at radius 3 is 2.20 bits per heavy atom. The fourth-order valence-corrected chi connectivity index (χ4v) is 5.55. The molecule has 2 aromatic heterocycles. The number of anilines is 1. The van der Waals surface area contributed by atoms with E-state index in [1.54, 1.807) is 0 Å². The zero-order valence-electron chi connectivity index (χ0n) is 26.9. The number of rotatable bonds is 22. The number of aliphatic hydroxyl groups excluding tert-OH is 4. The molecule has 2 amide bonds. The number of carbonyl (C=O) groups is 2. The van der Waals surface area contributed by atoms with Crippen molar-refractivity contribution in [2.45, 2.75) is 134 Å². The second-order valence-corrected chi connectivity index (χ2v) is 11.9. The number of unbranched alkanes of at least 4 members (excludes halogenated alkanes) is 13. The first kappa shape index (κ1) is 37.3. The molecule has 0 saturated carbocycles. The van der Waals surface area contributed by atoms with Crippen LogP contribution in [0.2, 0.25) is 0 Å². The average molecular weight is 652 g/mol. The van der Waals surface area contributed by atoms with Crippen molar-refractivity contribution in [1.82, 2.24) is 30.6 Å². The Morgan fingerprint density at radius 2 is 1.57 bits per heavy atom. The van der Waals surface area contributed by atoms with Gasteiger partial charge in [-0.15, -0.1) is 0 Å². The quantitative estimate of drug-likeness (QED) is 0.0859. The molecule has 0 spiro atoms. The molecule has 1 saturated heterocycles. The number of aromatic amines is 1. The molecule has 0 aliphatic carbocycles. The van der Waals surface area contributed by atoms with Crippen LogP contribution in [0.1, 0.15) is 96.8 Å². The number of aromatic nitrogens is 4. The van der Waals surface area contributed by atoms with Crippen LogP contribution in [0.25, 0.3) is 11.2 Å². The number of H-pyrrole nitrogens is 1. The van der Waals surface area contributed by atoms with Gasteiger partial charge in [-0.3, -0.25) is 4.79 Å². The summed E-state index contributed by atoms with van der Waals surface area (Å²) in [7, 11) is 0. The minimum Gasteiger partial charge on any atom is -0.450 e. The summed E-state index contributed by atoms with van der Waals surface area (Å²) in [6.07, 6.45) is 11.8. The average Bonchev–Trinajstić information content (AvgIpc) is 3.55. The van der Waals surface area contributed by atoms with Crippen LogP contribution in [0.3, 0.4) is 0 Å². The number of nitrogens with one attached hydrogen (secondary N) is 4. The van der Waals surface area contributed by atoms with Crippen LogP contribution in [0.4, 0.5) is 10.6 Å². The van der Waals surface area contributed by atoms with Gasteiger partial charge in [-0.05, 0) is 6.42 Å². The van der Waals surface area contributed by atoms with E-state index in [-0.39, 0.29) is 12.4 Å². The van der Waals surface area contributed by atoms with Gasteiger partial charge in [0, 0.05) is 0 Å². The summed E-state index contributed by atoms with van der Waals surface area (Å²) < 4.78 is 10.9. The number of ether oxygens (including phenoxy) is 2. The Hall–Kier alpha value is -3.11. The predicted octanol–water partition coefficient (Wildman–Crippen LogP) is 2.26. The number of imidazole rings is 1. The van der Waals surface area contributed by atoms with Gasteiger partial charge in [0.1, 0.15) is 42.8 Å². The Balaban J connectivity index is 1.30. The van der Waals surface area contributed by atoms with Crippen molar-refractivity contribution in [3.8, 4) is 0 Å². The fourth-order valence-electron chi connectivity index (χ4n) is 5.55. The van der Waals surface area contributed by atoms with Crippen LogP contribution in [0.5, 0.6) is 0 Å². The molecule has 46 heavy (non-hydrogen) atoms. The maximum Gasteiger partial charge on any atom is 0.407 e. The van der Waals surface area contributed by atoms with E-state index in [4.69, 9.17) is 9.47 Å². The molecule has 0 bridgehead atoms. The number of hydrogen-bond donors (Lipinski definition) is 8. The third-order valence-corrected chi connectivity index (χ3v) is 8.21. The molecular formula is C31H53N7O8. The molecule has 8 N–H and O–H groups in total. The number of alkyl carbamates (subject to hydrolysis) is 1. The van der Waals surface area contributed by atoms with Crippen LogP contribution >= 0.6 is 0 Å². The first-order valence-corrected chi connectivity index (χ1v) is 16.8. The van der Waals surface area contributed by atoms with Crippen molar-refractivity contribution in [3.05, 3.63) is 12.7 Å². The van der Waals surface area contributed by atoms with E-state index in [9.17, 15) is 30.0 Å². The van der Waals surface area contributed by atoms with Gasteiger partial charge in [0.25, 0.3) is 0 Å². The molecule has 1 aliphatic heterocycles. The Bertz CT molecular complexity index is 1160. The topological polar surface area (TPSA) is 224 Å². The minimum absolute atomic E-state index is 0.218. The van der Waals surface area contributed by atoms with Crippen LogP contribution in [-0.4, -0.2) is 109 Å². The van der Waals surface area contributed by atoms with Gasteiger partial charge in [0.2, 0.25) is 5.91 Å². The molecule has 1 fully saturated rings. The number of amides is 2. The summed E-state index contributed by atoms with van der Waals surface area (Å²) in [5.41, 5.74) is 0.774. The Morgan fingerprint density at radius 1 is 0.935 bits per heavy atom. The second-order valence-electron chi connectivity index (χ2n) is 11.9. The lowest BCUT2D eigenvalue weighted by molar-refractivity contribution is -0.204. The maximum absolute atomic E-state index is 12.6. The normalized spacial score (nSPS) is 22.0. The molecule has 260 valence electrons. The monoisotopic (exact) mass is 651 g/mol. The van der Waals surface area contributed by atoms with E-state index in [1.165, 1.54) is 83.3 Å². The van der Waals surface area contributed by atoms with Gasteiger partial charge in [-0.25, -0.2) is 19.7 Å². The molecule has 6 atom stereocenters. The number of nitrogens with zero attached hydrogens (tertiary/aromatic N) is 3. The first-order chi connectivity index (χ1) is 22.3. The Kier molecular flexibility index (Phi) is 17.0. The van der Waals surface area contributed by atoms with E-state index < -0.39 is 61.8 Å². The van der Waals surface area contributed by atoms with Crippen molar-refractivity contribution in [1.29, 1.82) is 0 Å². The van der Waals surface area contributed by atoms with Gasteiger partial charge in [-0.1, -0.05) is 90.4 Å². The first-order valence-electron chi connectivity index (χ1n) is 16.8. The summed E-state index contributed by atoms with van der Waals surface area (Å²) in [5, 5.41) is 49.3. The second kappa shape index (κ2) is 20.9. The lowest BCUT2D eigenvalue weighted by Gasteiger charge is -2.44. The lowest BCUT2D eigenvalue weighted by Crippen LogP contribution is -2.68. The number of carbonyl (C=O) groups excluding carboxylic acids is 2. The summed E-state index contributed by atoms with van der Waals surface area (Å²) in [6.45, 7) is 1.27. The van der Waals surface area contributed by atoms with Gasteiger partial charge in [-0.2, -0.15) is 0 Å². The zero-order chi connectivity index (χ0) is 33.1. The fraction of sp³-hybridized carbons (Fsp3) is 0.774. The van der Waals surface area contributed by atoms with Crippen molar-refractivity contribution < 1.29 is 39.5 Å². The minimum atomic E-state index is -1.62. The molecule has 0 unspecified atom stereocenters. The van der Waals surface area contributed by atoms with Crippen LogP contribution in [0.15, 0.2) is 12.7 Å². The zero-order valence-corrected chi connectivity index (χ0v) is 26.9. The smallest absolute Gasteiger partial charge is 0.407 e. The molecule has 0 aromatic carbocycles. The highest BCUT2D eigenvalue weighted by atomic mass is 16.6. The van der Waals surface area contributed by atoms with Crippen LogP contribution in [-0.2, 0) is 14.3 Å². The maximum atomic E-state index is 12.6. The third kappa shape index (κ3) is 12.2. The molecule has 15 nitrogen and oxygen atoms in total. The summed E-state index contributed by atoms with van der Waals surface area (Å²) in [4.78, 5) is 39.7. The van der Waals surface area contributed by atoms with Crippen LogP contribution < -0.4 is 16.0 Å². The van der Waals surface area contributed by atoms with Crippen molar-refractivity contribution in [2.24, 2.45) is 0 Å². The molecule has 0 radical (unpaired) electrons. The van der Waals surface area contributed by atoms with Crippen molar-refractivity contribution >= 4 is 29.0 Å². The molecule has 3 rings (SSSR count). The van der Waals surface area contributed by atoms with Gasteiger partial charge < -0.3 is 50.8 Å². The van der Waals surface area contributed by atoms with Gasteiger partial charge in [0.05, 0.1) is 25.6 Å². The predicted molar refractivity (Wildman–Crippen MR) is 171 cm³/mol. The third-order valence-electron chi connectivity index (χ3n) is 8.21. The highest BCUT2D eigenvalue weighted by molar-refractivity contribution is 5.83. The highest BCUT2D eigenvalue weighted by Gasteiger charge is 2.48. The molecule has 2 aromatic rings. The van der Waals surface area contributed by atoms with E-state index in [2.05, 4.69) is 42.8 Å². The van der Waals surface area contributed by atoms with Gasteiger partial charge >= 0.3 is 6.09 Å². The number of aliphatic hydroxyl groups is 4. The van der Waals surface area contributed by atoms with Gasteiger partial charge in [0.15, 0.2) is 17.7 Å². The number of fused-ring (bicyclic) bond motifs is 1. The van der Waals surface area contributed by atoms with Crippen molar-refractivity contribution in [2.75, 3.05) is 25.1 Å². The summed E-state index contributed by atoms with van der Waals surface area (Å²) in [5.74, 6) is -0.500. The summed E-state index contributed by atoms with van der Waals surface area (Å²) in [6, 6.07) is -1.31. The summed E-state index contributed by atoms with van der Waals surface area (Å²) >= 11 is 0. The van der Waals surface area contributed by atoms with Crippen LogP contribution in [0, 0.1) is 0 Å². The SMILES string of the molecule is CCCCCCCCCCCCCCCCOC(=O)NCC(=O)N[C@@H]1[C@@H](O)[C@@H](O)[C@@H](Nc2ncnc3nc[nH]c23)O[C@H]1[C@@H](O)CO. The molecule has 15 heteroatoms. The molecular weight excluding hydrogens is 598 g/mol. The van der Waals surface area contributed by atoms with Crippen molar-refractivity contribution in [3.63, 3.8) is 0 Å². The largest absolute Gasteiger partial charge is 0.450 e. The van der Waals surface area contributed by atoms with E-state index in [1.807, 2.05) is 0 Å². The van der Waals surface area contributed by atoms with E-state index >= 15 is 0 Å². The lowest BCUT2D eigenvalue weighted by atomic mass is 9.92. The molecule has 1 aliphatic rings.